The minimum Gasteiger partial charge on any atom is -0.505 e. The fourth-order valence-electron chi connectivity index (χ4n) is 2.48. The zero-order chi connectivity index (χ0) is 15.8. The van der Waals surface area contributed by atoms with Gasteiger partial charge in [0.2, 0.25) is 0 Å². The van der Waals surface area contributed by atoms with Gasteiger partial charge in [-0.25, -0.2) is 0 Å². The molecule has 5 nitrogen and oxygen atoms in total. The Labute approximate surface area is 131 Å². The number of aromatic hydroxyl groups is 1. The number of carboxylic acid groups (broad SMARTS) is 1. The number of benzene rings is 1. The van der Waals surface area contributed by atoms with E-state index in [1.165, 1.54) is 12.1 Å². The summed E-state index contributed by atoms with van der Waals surface area (Å²) >= 11 is 11.7. The Kier molecular flexibility index (Phi) is 4.35. The predicted molar refractivity (Wildman–Crippen MR) is 76.6 cm³/mol. The molecule has 21 heavy (non-hydrogen) atoms. The molecule has 0 spiro atoms. The molecule has 0 radical (unpaired) electrons. The van der Waals surface area contributed by atoms with Crippen LogP contribution in [0.1, 0.15) is 18.9 Å². The number of carboxylic acids is 1. The molecule has 1 aromatic rings. The van der Waals surface area contributed by atoms with Gasteiger partial charge in [0.05, 0.1) is 28.0 Å². The van der Waals surface area contributed by atoms with Crippen LogP contribution in [0.25, 0.3) is 0 Å². The lowest BCUT2D eigenvalue weighted by Gasteiger charge is -2.16. The molecule has 7 heteroatoms. The molecule has 0 heterocycles. The highest BCUT2D eigenvalue weighted by atomic mass is 35.5. The van der Waals surface area contributed by atoms with Crippen LogP contribution in [0.5, 0.6) is 5.75 Å². The van der Waals surface area contributed by atoms with Crippen molar-refractivity contribution in [3.8, 4) is 5.75 Å². The smallest absolute Gasteiger partial charge is 0.313 e. The Bertz CT molecular complexity index is 578. The molecule has 1 fully saturated rings. The average Bonchev–Trinajstić information content (AvgIpc) is 3.12. The molecule has 2 N–H and O–H groups in total. The van der Waals surface area contributed by atoms with Gasteiger partial charge >= 0.3 is 11.9 Å². The first-order valence-corrected chi connectivity index (χ1v) is 7.14. The largest absolute Gasteiger partial charge is 0.505 e. The summed E-state index contributed by atoms with van der Waals surface area (Å²) in [4.78, 5) is 23.2. The van der Waals surface area contributed by atoms with Crippen molar-refractivity contribution in [2.75, 3.05) is 6.61 Å². The number of phenols is 1. The molecular weight excluding hydrogens is 319 g/mol. The number of aliphatic carboxylic acids is 1. The number of phenolic OH excluding ortho intramolecular Hbond substituents is 1. The first kappa shape index (κ1) is 15.9. The Morgan fingerprint density at radius 3 is 2.38 bits per heavy atom. The maximum absolute atomic E-state index is 12.1. The van der Waals surface area contributed by atoms with E-state index in [2.05, 4.69) is 0 Å². The van der Waals surface area contributed by atoms with Crippen molar-refractivity contribution >= 4 is 35.1 Å². The van der Waals surface area contributed by atoms with Gasteiger partial charge in [0.1, 0.15) is 0 Å². The SMILES string of the molecule is CCOC(=O)C1(Cc2cc(Cl)c(O)c(Cl)c2)CC1C(=O)O. The summed E-state index contributed by atoms with van der Waals surface area (Å²) < 4.78 is 4.99. The van der Waals surface area contributed by atoms with Crippen LogP contribution in [-0.2, 0) is 20.7 Å². The highest BCUT2D eigenvalue weighted by molar-refractivity contribution is 6.37. The van der Waals surface area contributed by atoms with E-state index < -0.39 is 23.3 Å². The number of carbonyl (C=O) groups is 2. The number of hydrogen-bond donors (Lipinski definition) is 2. The number of carbonyl (C=O) groups excluding carboxylic acids is 1. The third-order valence-electron chi connectivity index (χ3n) is 3.65. The molecule has 2 rings (SSSR count). The van der Waals surface area contributed by atoms with Gasteiger partial charge in [0, 0.05) is 0 Å². The molecule has 1 aliphatic rings. The minimum absolute atomic E-state index is 0.0593. The van der Waals surface area contributed by atoms with Crippen molar-refractivity contribution in [3.05, 3.63) is 27.7 Å². The zero-order valence-electron chi connectivity index (χ0n) is 11.2. The summed E-state index contributed by atoms with van der Waals surface area (Å²) in [5.74, 6) is -2.57. The van der Waals surface area contributed by atoms with E-state index in [1.807, 2.05) is 0 Å². The maximum Gasteiger partial charge on any atom is 0.313 e. The molecule has 0 aliphatic heterocycles. The third-order valence-corrected chi connectivity index (χ3v) is 4.23. The summed E-state index contributed by atoms with van der Waals surface area (Å²) in [6.07, 6.45) is 0.375. The fraction of sp³-hybridized carbons (Fsp3) is 0.429. The molecule has 2 atom stereocenters. The quantitative estimate of drug-likeness (QED) is 0.810. The van der Waals surface area contributed by atoms with Crippen molar-refractivity contribution in [1.82, 2.24) is 0 Å². The van der Waals surface area contributed by atoms with Gasteiger partial charge in [0.15, 0.2) is 5.75 Å². The number of rotatable bonds is 5. The number of halogens is 2. The lowest BCUT2D eigenvalue weighted by molar-refractivity contribution is -0.153. The van der Waals surface area contributed by atoms with Gasteiger partial charge in [0.25, 0.3) is 0 Å². The van der Waals surface area contributed by atoms with Gasteiger partial charge in [-0.1, -0.05) is 23.2 Å². The standard InChI is InChI=1S/C14H14Cl2O5/c1-2-21-13(20)14(6-8(14)12(18)19)5-7-3-9(15)11(17)10(16)4-7/h3-4,8,17H,2,5-6H2,1H3,(H,18,19). The van der Waals surface area contributed by atoms with Gasteiger partial charge in [-0.2, -0.15) is 0 Å². The van der Waals surface area contributed by atoms with E-state index in [4.69, 9.17) is 33.0 Å². The van der Waals surface area contributed by atoms with Crippen LogP contribution in [0.4, 0.5) is 0 Å². The molecular formula is C14H14Cl2O5. The van der Waals surface area contributed by atoms with Gasteiger partial charge in [-0.15, -0.1) is 0 Å². The number of ether oxygens (including phenoxy) is 1. The predicted octanol–water partition coefficient (Wildman–Crippen LogP) is 2.90. The lowest BCUT2D eigenvalue weighted by Crippen LogP contribution is -2.26. The Hall–Kier alpha value is -1.46. The molecule has 1 saturated carbocycles. The van der Waals surface area contributed by atoms with Crippen LogP contribution in [0, 0.1) is 11.3 Å². The summed E-state index contributed by atoms with van der Waals surface area (Å²) in [5, 5.41) is 18.8. The van der Waals surface area contributed by atoms with Crippen molar-refractivity contribution < 1.29 is 24.5 Å². The molecule has 2 unspecified atom stereocenters. The van der Waals surface area contributed by atoms with Crippen LogP contribution < -0.4 is 0 Å². The van der Waals surface area contributed by atoms with Gasteiger partial charge in [-0.05, 0) is 37.5 Å². The number of esters is 1. The fourth-order valence-corrected chi connectivity index (χ4v) is 3.01. The van der Waals surface area contributed by atoms with E-state index in [1.54, 1.807) is 6.92 Å². The van der Waals surface area contributed by atoms with Crippen molar-refractivity contribution in [1.29, 1.82) is 0 Å². The number of hydrogen-bond acceptors (Lipinski definition) is 4. The second kappa shape index (κ2) is 5.73. The monoisotopic (exact) mass is 332 g/mol. The van der Waals surface area contributed by atoms with Crippen LogP contribution in [0.3, 0.4) is 0 Å². The van der Waals surface area contributed by atoms with Crippen LogP contribution in [0.2, 0.25) is 10.0 Å². The normalized spacial score (nSPS) is 23.7. The van der Waals surface area contributed by atoms with Crippen molar-refractivity contribution in [2.24, 2.45) is 11.3 Å². The summed E-state index contributed by atoms with van der Waals surface area (Å²) in [6, 6.07) is 2.95. The average molecular weight is 333 g/mol. The van der Waals surface area contributed by atoms with Crippen molar-refractivity contribution in [2.45, 2.75) is 19.8 Å². The minimum atomic E-state index is -1.08. The van der Waals surface area contributed by atoms with E-state index in [9.17, 15) is 14.7 Å². The molecule has 0 amide bonds. The Balaban J connectivity index is 2.29. The Morgan fingerprint density at radius 1 is 1.38 bits per heavy atom. The van der Waals surface area contributed by atoms with Crippen molar-refractivity contribution in [3.63, 3.8) is 0 Å². The topological polar surface area (TPSA) is 83.8 Å². The van der Waals surface area contributed by atoms with Gasteiger partial charge < -0.3 is 14.9 Å². The van der Waals surface area contributed by atoms with E-state index in [0.717, 1.165) is 0 Å². The van der Waals surface area contributed by atoms with Gasteiger partial charge in [-0.3, -0.25) is 9.59 Å². The van der Waals surface area contributed by atoms with E-state index in [0.29, 0.717) is 5.56 Å². The maximum atomic E-state index is 12.1. The first-order valence-electron chi connectivity index (χ1n) is 6.38. The molecule has 0 aromatic heterocycles. The highest BCUT2D eigenvalue weighted by Gasteiger charge is 2.64. The third kappa shape index (κ3) is 2.94. The molecule has 0 bridgehead atoms. The second-order valence-corrected chi connectivity index (χ2v) is 5.87. The molecule has 1 aliphatic carbocycles. The zero-order valence-corrected chi connectivity index (χ0v) is 12.7. The summed E-state index contributed by atoms with van der Waals surface area (Å²) in [5.41, 5.74) is -0.495. The molecule has 0 saturated heterocycles. The highest BCUT2D eigenvalue weighted by Crippen LogP contribution is 2.56. The first-order chi connectivity index (χ1) is 9.81. The Morgan fingerprint density at radius 2 is 1.95 bits per heavy atom. The van der Waals surface area contributed by atoms with Crippen LogP contribution >= 0.6 is 23.2 Å². The summed E-state index contributed by atoms with van der Waals surface area (Å²) in [7, 11) is 0. The van der Waals surface area contributed by atoms with Crippen LogP contribution in [0.15, 0.2) is 12.1 Å². The van der Waals surface area contributed by atoms with Crippen LogP contribution in [-0.4, -0.2) is 28.8 Å². The lowest BCUT2D eigenvalue weighted by atomic mass is 9.93. The van der Waals surface area contributed by atoms with E-state index in [-0.39, 0.29) is 35.2 Å². The summed E-state index contributed by atoms with van der Waals surface area (Å²) in [6.45, 7) is 1.85. The molecule has 1 aromatic carbocycles. The van der Waals surface area contributed by atoms with E-state index >= 15 is 0 Å². The molecule has 114 valence electrons. The second-order valence-electron chi connectivity index (χ2n) is 5.06.